The van der Waals surface area contributed by atoms with Crippen molar-refractivity contribution in [1.29, 1.82) is 0 Å². The van der Waals surface area contributed by atoms with E-state index >= 15 is 0 Å². The van der Waals surface area contributed by atoms with Gasteiger partial charge in [0.05, 0.1) is 4.87 Å². The summed E-state index contributed by atoms with van der Waals surface area (Å²) in [6.45, 7) is 6.04. The first-order valence-electron chi connectivity index (χ1n) is 8.68. The normalized spacial score (nSPS) is 19.5. The van der Waals surface area contributed by atoms with Gasteiger partial charge in [-0.25, -0.2) is 4.79 Å². The van der Waals surface area contributed by atoms with Crippen molar-refractivity contribution >= 4 is 41.0 Å². The van der Waals surface area contributed by atoms with Crippen LogP contribution < -0.4 is 5.32 Å². The first-order chi connectivity index (χ1) is 11.9. The molecule has 1 aromatic carbocycles. The minimum Gasteiger partial charge on any atom is -0.327 e. The van der Waals surface area contributed by atoms with Crippen LogP contribution in [0, 0.1) is 5.92 Å². The highest BCUT2D eigenvalue weighted by Gasteiger charge is 2.47. The summed E-state index contributed by atoms with van der Waals surface area (Å²) in [5.41, 5.74) is 0.738. The number of likely N-dealkylation sites (tertiary alicyclic amines) is 1. The summed E-state index contributed by atoms with van der Waals surface area (Å²) in [5, 5.41) is 3.56. The minimum atomic E-state index is -0.127. The fraction of sp³-hybridized carbons (Fsp3) is 0.556. The second kappa shape index (κ2) is 7.46. The summed E-state index contributed by atoms with van der Waals surface area (Å²) in [6, 6.07) is 7.00. The molecule has 0 aromatic heterocycles. The Kier molecular flexibility index (Phi) is 5.49. The Bertz CT molecular complexity index is 642. The Morgan fingerprint density at radius 3 is 2.40 bits per heavy atom. The third-order valence-corrected chi connectivity index (χ3v) is 6.67. The van der Waals surface area contributed by atoms with Crippen molar-refractivity contribution in [3.8, 4) is 0 Å². The Morgan fingerprint density at radius 1 is 1.16 bits per heavy atom. The van der Waals surface area contributed by atoms with Crippen molar-refractivity contribution in [2.24, 2.45) is 5.92 Å². The number of hydrogen-bond donors (Lipinski definition) is 1. The number of rotatable bonds is 2. The molecular weight excluding hydrogens is 358 g/mol. The lowest BCUT2D eigenvalue weighted by atomic mass is 10.0. The first kappa shape index (κ1) is 18.4. The van der Waals surface area contributed by atoms with E-state index < -0.39 is 0 Å². The minimum absolute atomic E-state index is 0.0156. The average Bonchev–Trinajstić information content (AvgIpc) is 2.99. The van der Waals surface area contributed by atoms with Gasteiger partial charge in [0.2, 0.25) is 5.91 Å². The molecule has 0 saturated carbocycles. The van der Waals surface area contributed by atoms with Gasteiger partial charge in [-0.15, -0.1) is 11.8 Å². The fourth-order valence-corrected chi connectivity index (χ4v) is 5.03. The molecule has 3 rings (SSSR count). The van der Waals surface area contributed by atoms with E-state index in [9.17, 15) is 9.59 Å². The van der Waals surface area contributed by atoms with Crippen molar-refractivity contribution in [3.63, 3.8) is 0 Å². The summed E-state index contributed by atoms with van der Waals surface area (Å²) in [4.78, 5) is 28.7. The molecule has 2 heterocycles. The van der Waals surface area contributed by atoms with Crippen LogP contribution in [0.3, 0.4) is 0 Å². The molecule has 25 heavy (non-hydrogen) atoms. The molecule has 2 fully saturated rings. The average molecular weight is 382 g/mol. The maximum absolute atomic E-state index is 12.5. The third kappa shape index (κ3) is 3.90. The van der Waals surface area contributed by atoms with E-state index in [-0.39, 0.29) is 22.7 Å². The Hall–Kier alpha value is -1.40. The predicted molar refractivity (Wildman–Crippen MR) is 103 cm³/mol. The molecule has 1 N–H and O–H groups in total. The number of nitrogens with one attached hydrogen (secondary N) is 1. The molecule has 2 aliphatic rings. The first-order valence-corrected chi connectivity index (χ1v) is 10.0. The largest absolute Gasteiger partial charge is 0.327 e. The van der Waals surface area contributed by atoms with Crippen molar-refractivity contribution < 1.29 is 9.59 Å². The van der Waals surface area contributed by atoms with Gasteiger partial charge in [-0.05, 0) is 37.1 Å². The third-order valence-electron chi connectivity index (χ3n) is 4.86. The van der Waals surface area contributed by atoms with Crippen LogP contribution in [0.4, 0.5) is 10.5 Å². The van der Waals surface area contributed by atoms with Crippen LogP contribution in [0.5, 0.6) is 0 Å². The second-order valence-electron chi connectivity index (χ2n) is 6.86. The predicted octanol–water partition coefficient (Wildman–Crippen LogP) is 3.90. The van der Waals surface area contributed by atoms with Crippen LogP contribution in [0.2, 0.25) is 5.02 Å². The number of amides is 3. The highest BCUT2D eigenvalue weighted by atomic mass is 35.5. The SMILES string of the molecule is CC(C)C(=O)N1CCSC12CCN(C(=O)Nc1ccc(Cl)cc1)CC2. The number of piperidine rings is 1. The van der Waals surface area contributed by atoms with Crippen LogP contribution >= 0.6 is 23.4 Å². The van der Waals surface area contributed by atoms with E-state index in [0.717, 1.165) is 30.8 Å². The number of carbonyl (C=O) groups excluding carboxylic acids is 2. The number of thioether (sulfide) groups is 1. The highest BCUT2D eigenvalue weighted by Crippen LogP contribution is 2.44. The van der Waals surface area contributed by atoms with Crippen molar-refractivity contribution in [1.82, 2.24) is 9.80 Å². The zero-order chi connectivity index (χ0) is 18.0. The number of benzene rings is 1. The van der Waals surface area contributed by atoms with Crippen molar-refractivity contribution in [2.45, 2.75) is 31.6 Å². The Morgan fingerprint density at radius 2 is 1.80 bits per heavy atom. The van der Waals surface area contributed by atoms with E-state index in [0.29, 0.717) is 18.1 Å². The molecule has 0 atom stereocenters. The topological polar surface area (TPSA) is 52.7 Å². The fourth-order valence-electron chi connectivity index (χ4n) is 3.44. The number of hydrogen-bond acceptors (Lipinski definition) is 3. The summed E-state index contributed by atoms with van der Waals surface area (Å²) >= 11 is 7.74. The molecule has 2 aliphatic heterocycles. The number of carbonyl (C=O) groups is 2. The van der Waals surface area contributed by atoms with Crippen molar-refractivity contribution in [3.05, 3.63) is 29.3 Å². The van der Waals surface area contributed by atoms with Gasteiger partial charge in [-0.1, -0.05) is 25.4 Å². The Labute approximate surface area is 158 Å². The van der Waals surface area contributed by atoms with E-state index in [1.54, 1.807) is 24.3 Å². The van der Waals surface area contributed by atoms with E-state index in [4.69, 9.17) is 11.6 Å². The summed E-state index contributed by atoms with van der Waals surface area (Å²) in [7, 11) is 0. The van der Waals surface area contributed by atoms with Gasteiger partial charge in [-0.3, -0.25) is 4.79 Å². The monoisotopic (exact) mass is 381 g/mol. The standard InChI is InChI=1S/C18H24ClN3O2S/c1-13(2)16(23)22-11-12-25-18(22)7-9-21(10-8-18)17(24)20-15-5-3-14(19)4-6-15/h3-6,13H,7-12H2,1-2H3,(H,20,24). The zero-order valence-electron chi connectivity index (χ0n) is 14.6. The van der Waals surface area contributed by atoms with E-state index in [1.165, 1.54) is 0 Å². The van der Waals surface area contributed by atoms with E-state index in [1.807, 2.05) is 30.5 Å². The van der Waals surface area contributed by atoms with Gasteiger partial charge in [-0.2, -0.15) is 0 Å². The molecular formula is C18H24ClN3O2S. The number of urea groups is 1. The lowest BCUT2D eigenvalue weighted by Gasteiger charge is -2.44. The highest BCUT2D eigenvalue weighted by molar-refractivity contribution is 8.00. The molecule has 7 heteroatoms. The number of nitrogens with zero attached hydrogens (tertiary/aromatic N) is 2. The lowest BCUT2D eigenvalue weighted by molar-refractivity contribution is -0.137. The smallest absolute Gasteiger partial charge is 0.321 e. The Balaban J connectivity index is 1.60. The number of anilines is 1. The summed E-state index contributed by atoms with van der Waals surface area (Å²) in [5.74, 6) is 1.22. The maximum atomic E-state index is 12.5. The van der Waals surface area contributed by atoms with Gasteiger partial charge in [0.25, 0.3) is 0 Å². The molecule has 0 radical (unpaired) electrons. The maximum Gasteiger partial charge on any atom is 0.321 e. The van der Waals surface area contributed by atoms with Crippen LogP contribution in [0.25, 0.3) is 0 Å². The van der Waals surface area contributed by atoms with Crippen LogP contribution in [-0.4, -0.2) is 52.0 Å². The molecule has 136 valence electrons. The molecule has 1 aromatic rings. The quantitative estimate of drug-likeness (QED) is 0.845. The molecule has 1 spiro atoms. The molecule has 0 aliphatic carbocycles. The van der Waals surface area contributed by atoms with Crippen molar-refractivity contribution in [2.75, 3.05) is 30.7 Å². The van der Waals surface area contributed by atoms with Crippen LogP contribution in [0.1, 0.15) is 26.7 Å². The van der Waals surface area contributed by atoms with Gasteiger partial charge in [0, 0.05) is 42.0 Å². The van der Waals surface area contributed by atoms with Crippen LogP contribution in [-0.2, 0) is 4.79 Å². The molecule has 0 bridgehead atoms. The van der Waals surface area contributed by atoms with Gasteiger partial charge in [0.15, 0.2) is 0 Å². The molecule has 0 unspecified atom stereocenters. The second-order valence-corrected chi connectivity index (χ2v) is 8.76. The summed E-state index contributed by atoms with van der Waals surface area (Å²) in [6.07, 6.45) is 1.65. The summed E-state index contributed by atoms with van der Waals surface area (Å²) < 4.78 is 0. The molecule has 5 nitrogen and oxygen atoms in total. The molecule has 2 saturated heterocycles. The zero-order valence-corrected chi connectivity index (χ0v) is 16.2. The number of halogens is 1. The lowest BCUT2D eigenvalue weighted by Crippen LogP contribution is -2.55. The molecule has 3 amide bonds. The van der Waals surface area contributed by atoms with Crippen LogP contribution in [0.15, 0.2) is 24.3 Å². The van der Waals surface area contributed by atoms with Gasteiger partial charge < -0.3 is 15.1 Å². The van der Waals surface area contributed by atoms with Gasteiger partial charge >= 0.3 is 6.03 Å². The van der Waals surface area contributed by atoms with E-state index in [2.05, 4.69) is 10.2 Å². The van der Waals surface area contributed by atoms with Gasteiger partial charge in [0.1, 0.15) is 0 Å².